The van der Waals surface area contributed by atoms with E-state index in [9.17, 15) is 4.79 Å². The highest BCUT2D eigenvalue weighted by molar-refractivity contribution is 5.66. The molecule has 0 aliphatic heterocycles. The van der Waals surface area contributed by atoms with Crippen molar-refractivity contribution in [3.8, 4) is 0 Å². The van der Waals surface area contributed by atoms with Crippen LogP contribution in [-0.2, 0) is 16.0 Å². The molecule has 1 rings (SSSR count). The molecule has 0 fully saturated rings. The summed E-state index contributed by atoms with van der Waals surface area (Å²) in [7, 11) is 0. The molecule has 0 aliphatic carbocycles. The van der Waals surface area contributed by atoms with Gasteiger partial charge >= 0.3 is 5.97 Å². The topological polar surface area (TPSA) is 26.3 Å². The molecule has 0 aliphatic rings. The van der Waals surface area contributed by atoms with Gasteiger partial charge in [-0.25, -0.2) is 0 Å². The zero-order chi connectivity index (χ0) is 15.3. The summed E-state index contributed by atoms with van der Waals surface area (Å²) in [6.07, 6.45) is 10.6. The van der Waals surface area contributed by atoms with Gasteiger partial charge in [-0.2, -0.15) is 0 Å². The van der Waals surface area contributed by atoms with E-state index < -0.39 is 0 Å². The number of benzene rings is 1. The van der Waals surface area contributed by atoms with E-state index in [1.807, 2.05) is 18.2 Å². The predicted molar refractivity (Wildman–Crippen MR) is 88.2 cm³/mol. The monoisotopic (exact) mass is 288 g/mol. The van der Waals surface area contributed by atoms with E-state index in [0.29, 0.717) is 6.61 Å². The molecule has 116 valence electrons. The van der Waals surface area contributed by atoms with Crippen molar-refractivity contribution in [3.63, 3.8) is 0 Å². The molecule has 0 N–H and O–H groups in total. The van der Waals surface area contributed by atoms with Crippen molar-refractivity contribution in [1.82, 2.24) is 0 Å². The van der Waals surface area contributed by atoms with Gasteiger partial charge in [-0.3, -0.25) is 4.79 Å². The van der Waals surface area contributed by atoms with Crippen LogP contribution in [0.3, 0.4) is 0 Å². The van der Waals surface area contributed by atoms with Crippen molar-refractivity contribution in [3.05, 3.63) is 47.5 Å². The molecule has 0 heterocycles. The van der Waals surface area contributed by atoms with Gasteiger partial charge in [-0.05, 0) is 30.4 Å². The fourth-order valence-corrected chi connectivity index (χ4v) is 2.29. The van der Waals surface area contributed by atoms with Crippen LogP contribution in [0.5, 0.6) is 0 Å². The van der Waals surface area contributed by atoms with Gasteiger partial charge in [0.05, 0.1) is 0 Å². The Labute approximate surface area is 129 Å². The molecule has 0 bridgehead atoms. The molecule has 0 amide bonds. The lowest BCUT2D eigenvalue weighted by molar-refractivity contribution is -0.140. The highest BCUT2D eigenvalue weighted by Gasteiger charge is 2.02. The highest BCUT2D eigenvalue weighted by atomic mass is 16.5. The van der Waals surface area contributed by atoms with Gasteiger partial charge in [0, 0.05) is 6.92 Å². The minimum Gasteiger partial charge on any atom is -0.461 e. The largest absolute Gasteiger partial charge is 0.461 e. The number of ether oxygens (including phenoxy) is 1. The average Bonchev–Trinajstić information content (AvgIpc) is 2.49. The van der Waals surface area contributed by atoms with Crippen molar-refractivity contribution in [2.75, 3.05) is 6.61 Å². The third-order valence-electron chi connectivity index (χ3n) is 3.48. The molecular weight excluding hydrogens is 260 g/mol. The van der Waals surface area contributed by atoms with Gasteiger partial charge in [0.25, 0.3) is 0 Å². The Balaban J connectivity index is 2.45. The van der Waals surface area contributed by atoms with Crippen LogP contribution in [0.25, 0.3) is 0 Å². The summed E-state index contributed by atoms with van der Waals surface area (Å²) in [5.41, 5.74) is 2.47. The second-order valence-electron chi connectivity index (χ2n) is 5.51. The summed E-state index contributed by atoms with van der Waals surface area (Å²) in [5.74, 6) is -0.211. The van der Waals surface area contributed by atoms with Crippen molar-refractivity contribution in [2.24, 2.45) is 0 Å². The standard InChI is InChI=1S/C19H28O2/c1-3-4-5-6-7-9-14-19(16-21-17(2)20)15-18-12-10-8-11-13-18/h8,10-14H,3-7,9,15-16H2,1-2H3. The Morgan fingerprint density at radius 3 is 2.48 bits per heavy atom. The van der Waals surface area contributed by atoms with Crippen molar-refractivity contribution < 1.29 is 9.53 Å². The molecule has 0 spiro atoms. The lowest BCUT2D eigenvalue weighted by atomic mass is 10.0. The number of rotatable bonds is 10. The summed E-state index contributed by atoms with van der Waals surface area (Å²) in [5, 5.41) is 0. The molecule has 0 radical (unpaired) electrons. The Morgan fingerprint density at radius 1 is 1.10 bits per heavy atom. The number of allylic oxidation sites excluding steroid dienone is 1. The maximum Gasteiger partial charge on any atom is 0.302 e. The second-order valence-corrected chi connectivity index (χ2v) is 5.51. The first-order valence-corrected chi connectivity index (χ1v) is 8.07. The number of carbonyl (C=O) groups is 1. The Hall–Kier alpha value is -1.57. The zero-order valence-electron chi connectivity index (χ0n) is 13.4. The van der Waals surface area contributed by atoms with Gasteiger partial charge < -0.3 is 4.74 Å². The van der Waals surface area contributed by atoms with Crippen molar-refractivity contribution >= 4 is 5.97 Å². The van der Waals surface area contributed by atoms with Crippen LogP contribution < -0.4 is 0 Å². The third-order valence-corrected chi connectivity index (χ3v) is 3.48. The van der Waals surface area contributed by atoms with Crippen LogP contribution in [0.4, 0.5) is 0 Å². The first-order chi connectivity index (χ1) is 10.2. The van der Waals surface area contributed by atoms with E-state index in [2.05, 4.69) is 25.1 Å². The number of hydrogen-bond acceptors (Lipinski definition) is 2. The predicted octanol–water partition coefficient (Wildman–Crippen LogP) is 5.08. The van der Waals surface area contributed by atoms with Gasteiger partial charge in [0.15, 0.2) is 0 Å². The molecule has 0 aromatic heterocycles. The van der Waals surface area contributed by atoms with Crippen molar-refractivity contribution in [2.45, 2.75) is 58.8 Å². The molecule has 21 heavy (non-hydrogen) atoms. The molecule has 2 heteroatoms. The van der Waals surface area contributed by atoms with Gasteiger partial charge in [0.2, 0.25) is 0 Å². The van der Waals surface area contributed by atoms with Crippen LogP contribution in [0.15, 0.2) is 42.0 Å². The molecule has 2 nitrogen and oxygen atoms in total. The smallest absolute Gasteiger partial charge is 0.302 e. The van der Waals surface area contributed by atoms with Gasteiger partial charge in [-0.1, -0.05) is 69.0 Å². The van der Waals surface area contributed by atoms with E-state index in [4.69, 9.17) is 4.74 Å². The fourth-order valence-electron chi connectivity index (χ4n) is 2.29. The highest BCUT2D eigenvalue weighted by Crippen LogP contribution is 2.12. The van der Waals surface area contributed by atoms with E-state index >= 15 is 0 Å². The Kier molecular flexibility index (Phi) is 9.26. The van der Waals surface area contributed by atoms with E-state index in [0.717, 1.165) is 12.8 Å². The van der Waals surface area contributed by atoms with Crippen LogP contribution in [-0.4, -0.2) is 12.6 Å². The van der Waals surface area contributed by atoms with E-state index in [-0.39, 0.29) is 5.97 Å². The first kappa shape index (κ1) is 17.5. The molecule has 0 unspecified atom stereocenters. The molecule has 0 saturated carbocycles. The SMILES string of the molecule is CCCCCCCC=C(COC(C)=O)Cc1ccccc1. The number of carbonyl (C=O) groups excluding carboxylic acids is 1. The minimum atomic E-state index is -0.211. The third kappa shape index (κ3) is 9.06. The Bertz CT molecular complexity index is 420. The van der Waals surface area contributed by atoms with Crippen molar-refractivity contribution in [1.29, 1.82) is 0 Å². The minimum absolute atomic E-state index is 0.211. The maximum absolute atomic E-state index is 11.0. The van der Waals surface area contributed by atoms with E-state index in [1.54, 1.807) is 0 Å². The van der Waals surface area contributed by atoms with Gasteiger partial charge in [-0.15, -0.1) is 0 Å². The second kappa shape index (κ2) is 11.1. The molecule has 0 saturated heterocycles. The molecule has 1 aromatic carbocycles. The molecular formula is C19H28O2. The number of unbranched alkanes of at least 4 members (excludes halogenated alkanes) is 5. The quantitative estimate of drug-likeness (QED) is 0.341. The van der Waals surface area contributed by atoms with E-state index in [1.165, 1.54) is 50.2 Å². The summed E-state index contributed by atoms with van der Waals surface area (Å²) in [6.45, 7) is 4.11. The summed E-state index contributed by atoms with van der Waals surface area (Å²) in [4.78, 5) is 11.0. The van der Waals surface area contributed by atoms with Crippen LogP contribution in [0.1, 0.15) is 57.9 Å². The van der Waals surface area contributed by atoms with Gasteiger partial charge in [0.1, 0.15) is 6.61 Å². The number of esters is 1. The van der Waals surface area contributed by atoms with Crippen LogP contribution in [0.2, 0.25) is 0 Å². The Morgan fingerprint density at radius 2 is 1.81 bits per heavy atom. The van der Waals surface area contributed by atoms with Crippen LogP contribution >= 0.6 is 0 Å². The molecule has 1 aromatic rings. The summed E-state index contributed by atoms with van der Waals surface area (Å²) >= 11 is 0. The lowest BCUT2D eigenvalue weighted by Crippen LogP contribution is -2.05. The number of hydrogen-bond donors (Lipinski definition) is 0. The van der Waals surface area contributed by atoms with Crippen LogP contribution in [0, 0.1) is 0 Å². The maximum atomic E-state index is 11.0. The average molecular weight is 288 g/mol. The summed E-state index contributed by atoms with van der Waals surface area (Å²) < 4.78 is 5.16. The summed E-state index contributed by atoms with van der Waals surface area (Å²) in [6, 6.07) is 10.3. The first-order valence-electron chi connectivity index (χ1n) is 8.07. The zero-order valence-corrected chi connectivity index (χ0v) is 13.4. The fraction of sp³-hybridized carbons (Fsp3) is 0.526. The normalized spacial score (nSPS) is 11.4. The molecule has 0 atom stereocenters. The lowest BCUT2D eigenvalue weighted by Gasteiger charge is -2.08.